The Kier molecular flexibility index (Phi) is 5.86. The maximum atomic E-state index is 12.0. The molecular formula is C12H14BrF3S. The summed E-state index contributed by atoms with van der Waals surface area (Å²) in [6.07, 6.45) is 0.526. The summed E-state index contributed by atoms with van der Waals surface area (Å²) in [5, 5.41) is 0.689. The third-order valence-electron chi connectivity index (χ3n) is 2.47. The van der Waals surface area contributed by atoms with Crippen LogP contribution in [0.25, 0.3) is 0 Å². The van der Waals surface area contributed by atoms with E-state index in [2.05, 4.69) is 15.9 Å². The van der Waals surface area contributed by atoms with Gasteiger partial charge in [0.25, 0.3) is 0 Å². The van der Waals surface area contributed by atoms with E-state index in [9.17, 15) is 13.2 Å². The summed E-state index contributed by atoms with van der Waals surface area (Å²) in [7, 11) is 0. The van der Waals surface area contributed by atoms with Crippen LogP contribution in [0.4, 0.5) is 13.2 Å². The Morgan fingerprint density at radius 2 is 1.82 bits per heavy atom. The molecule has 0 aliphatic carbocycles. The van der Waals surface area contributed by atoms with Gasteiger partial charge in [0.1, 0.15) is 0 Å². The normalized spacial score (nSPS) is 13.7. The van der Waals surface area contributed by atoms with Crippen LogP contribution in [0.15, 0.2) is 24.3 Å². The molecule has 0 bridgehead atoms. The van der Waals surface area contributed by atoms with Crippen molar-refractivity contribution in [3.63, 3.8) is 0 Å². The molecule has 0 aromatic heterocycles. The Balaban J connectivity index is 2.51. The predicted octanol–water partition coefficient (Wildman–Crippen LogP) is 5.12. The first-order valence-corrected chi connectivity index (χ1v) is 7.36. The van der Waals surface area contributed by atoms with Crippen molar-refractivity contribution < 1.29 is 13.2 Å². The molecule has 0 aliphatic heterocycles. The third-order valence-corrected chi connectivity index (χ3v) is 4.02. The van der Waals surface area contributed by atoms with E-state index in [0.717, 1.165) is 11.1 Å². The number of halogens is 4. The molecular weight excluding hydrogens is 313 g/mol. The second kappa shape index (κ2) is 6.69. The summed E-state index contributed by atoms with van der Waals surface area (Å²) in [6.45, 7) is 1.99. The van der Waals surface area contributed by atoms with E-state index in [0.29, 0.717) is 11.8 Å². The van der Waals surface area contributed by atoms with Gasteiger partial charge >= 0.3 is 5.51 Å². The molecule has 5 heteroatoms. The van der Waals surface area contributed by atoms with Crippen molar-refractivity contribution in [1.82, 2.24) is 0 Å². The number of thioether (sulfide) groups is 1. The fourth-order valence-electron chi connectivity index (χ4n) is 1.49. The molecule has 1 rings (SSSR count). The minimum atomic E-state index is -4.12. The molecule has 0 saturated carbocycles. The fourth-order valence-corrected chi connectivity index (χ4v) is 2.82. The third kappa shape index (κ3) is 5.82. The topological polar surface area (TPSA) is 0 Å². The Morgan fingerprint density at radius 3 is 2.29 bits per heavy atom. The molecule has 17 heavy (non-hydrogen) atoms. The highest BCUT2D eigenvalue weighted by atomic mass is 79.9. The van der Waals surface area contributed by atoms with Gasteiger partial charge < -0.3 is 0 Å². The average molecular weight is 327 g/mol. The molecule has 0 spiro atoms. The molecule has 1 aromatic rings. The van der Waals surface area contributed by atoms with E-state index in [-0.39, 0.29) is 23.4 Å². The number of hydrogen-bond acceptors (Lipinski definition) is 1. The van der Waals surface area contributed by atoms with Gasteiger partial charge in [0.2, 0.25) is 0 Å². The largest absolute Gasteiger partial charge is 0.441 e. The predicted molar refractivity (Wildman–Crippen MR) is 70.8 cm³/mol. The Bertz CT molecular complexity index is 335. The molecule has 0 N–H and O–H groups in total. The molecule has 0 fully saturated rings. The Labute approximate surface area is 112 Å². The minimum Gasteiger partial charge on any atom is -0.160 e. The summed E-state index contributed by atoms with van der Waals surface area (Å²) in [5.74, 6) is 0.249. The highest BCUT2D eigenvalue weighted by Crippen LogP contribution is 2.33. The first kappa shape index (κ1) is 14.9. The average Bonchev–Trinajstić information content (AvgIpc) is 2.24. The summed E-state index contributed by atoms with van der Waals surface area (Å²) >= 11 is 3.42. The van der Waals surface area contributed by atoms with E-state index in [1.807, 2.05) is 31.2 Å². The molecule has 0 amide bonds. The molecule has 1 unspecified atom stereocenters. The van der Waals surface area contributed by atoms with Crippen molar-refractivity contribution in [3.8, 4) is 0 Å². The van der Waals surface area contributed by atoms with Crippen LogP contribution in [-0.4, -0.2) is 16.6 Å². The number of benzene rings is 1. The van der Waals surface area contributed by atoms with Crippen LogP contribution in [0.2, 0.25) is 0 Å². The van der Waals surface area contributed by atoms with Crippen LogP contribution in [0, 0.1) is 6.92 Å². The fraction of sp³-hybridized carbons (Fsp3) is 0.500. The van der Waals surface area contributed by atoms with E-state index in [4.69, 9.17) is 0 Å². The standard InChI is InChI=1S/C12H14BrF3S/c1-9-2-4-10(5-3-9)11(8-13)6-7-17-12(14,15)16/h2-5,11H,6-8H2,1H3. The molecule has 0 radical (unpaired) electrons. The van der Waals surface area contributed by atoms with Crippen molar-refractivity contribution in [1.29, 1.82) is 0 Å². The number of hydrogen-bond donors (Lipinski definition) is 0. The van der Waals surface area contributed by atoms with E-state index < -0.39 is 5.51 Å². The molecule has 96 valence electrons. The molecule has 1 aromatic carbocycles. The van der Waals surface area contributed by atoms with Crippen molar-refractivity contribution >= 4 is 27.7 Å². The van der Waals surface area contributed by atoms with Gasteiger partial charge in [-0.3, -0.25) is 0 Å². The number of rotatable bonds is 5. The van der Waals surface area contributed by atoms with Crippen molar-refractivity contribution in [2.24, 2.45) is 0 Å². The maximum Gasteiger partial charge on any atom is 0.441 e. The number of aryl methyl sites for hydroxylation is 1. The quantitative estimate of drug-likeness (QED) is 0.677. The maximum absolute atomic E-state index is 12.0. The van der Waals surface area contributed by atoms with Crippen LogP contribution in [-0.2, 0) is 0 Å². The summed E-state index contributed by atoms with van der Waals surface area (Å²) < 4.78 is 36.0. The Hall–Kier alpha value is -0.160. The van der Waals surface area contributed by atoms with Crippen LogP contribution in [0.1, 0.15) is 23.5 Å². The van der Waals surface area contributed by atoms with Gasteiger partial charge in [-0.05, 0) is 24.8 Å². The number of alkyl halides is 4. The first-order chi connectivity index (χ1) is 7.92. The molecule has 0 heterocycles. The van der Waals surface area contributed by atoms with E-state index in [1.54, 1.807) is 0 Å². The molecule has 1 atom stereocenters. The molecule has 0 saturated heterocycles. The van der Waals surface area contributed by atoms with Crippen LogP contribution in [0.3, 0.4) is 0 Å². The van der Waals surface area contributed by atoms with Gasteiger partial charge in [-0.15, -0.1) is 0 Å². The van der Waals surface area contributed by atoms with Crippen LogP contribution in [0.5, 0.6) is 0 Å². The van der Waals surface area contributed by atoms with Crippen LogP contribution < -0.4 is 0 Å². The first-order valence-electron chi connectivity index (χ1n) is 5.25. The van der Waals surface area contributed by atoms with Crippen LogP contribution >= 0.6 is 27.7 Å². The summed E-state index contributed by atoms with van der Waals surface area (Å²) in [5.41, 5.74) is -1.87. The minimum absolute atomic E-state index is 0.0543. The lowest BCUT2D eigenvalue weighted by atomic mass is 9.98. The highest BCUT2D eigenvalue weighted by molar-refractivity contribution is 9.09. The lowest BCUT2D eigenvalue weighted by Gasteiger charge is -2.15. The van der Waals surface area contributed by atoms with Crippen molar-refractivity contribution in [2.45, 2.75) is 24.8 Å². The highest BCUT2D eigenvalue weighted by Gasteiger charge is 2.28. The van der Waals surface area contributed by atoms with Gasteiger partial charge in [-0.1, -0.05) is 57.5 Å². The van der Waals surface area contributed by atoms with Crippen molar-refractivity contribution in [3.05, 3.63) is 35.4 Å². The van der Waals surface area contributed by atoms with E-state index in [1.165, 1.54) is 0 Å². The van der Waals surface area contributed by atoms with Gasteiger partial charge in [-0.25, -0.2) is 0 Å². The zero-order valence-corrected chi connectivity index (χ0v) is 11.8. The van der Waals surface area contributed by atoms with E-state index >= 15 is 0 Å². The lowest BCUT2D eigenvalue weighted by Crippen LogP contribution is -2.06. The lowest BCUT2D eigenvalue weighted by molar-refractivity contribution is -0.0328. The van der Waals surface area contributed by atoms with Gasteiger partial charge in [0, 0.05) is 11.1 Å². The SMILES string of the molecule is Cc1ccc(C(CBr)CCSC(F)(F)F)cc1. The van der Waals surface area contributed by atoms with Gasteiger partial charge in [0.05, 0.1) is 0 Å². The summed E-state index contributed by atoms with van der Waals surface area (Å²) in [4.78, 5) is 0. The zero-order valence-electron chi connectivity index (χ0n) is 9.43. The second-order valence-corrected chi connectivity index (χ2v) is 5.65. The Morgan fingerprint density at radius 1 is 1.24 bits per heavy atom. The van der Waals surface area contributed by atoms with Gasteiger partial charge in [-0.2, -0.15) is 13.2 Å². The van der Waals surface area contributed by atoms with Crippen molar-refractivity contribution in [2.75, 3.05) is 11.1 Å². The smallest absolute Gasteiger partial charge is 0.160 e. The molecule has 0 nitrogen and oxygen atoms in total. The molecule has 0 aliphatic rings. The van der Waals surface area contributed by atoms with Gasteiger partial charge in [0.15, 0.2) is 0 Å². The monoisotopic (exact) mass is 326 g/mol. The zero-order chi connectivity index (χ0) is 12.9. The summed E-state index contributed by atoms with van der Waals surface area (Å²) in [6, 6.07) is 7.95. The second-order valence-electron chi connectivity index (χ2n) is 3.84.